The summed E-state index contributed by atoms with van der Waals surface area (Å²) in [7, 11) is 0. The van der Waals surface area contributed by atoms with Crippen molar-refractivity contribution >= 4 is 34.9 Å². The van der Waals surface area contributed by atoms with Crippen LogP contribution in [0.25, 0.3) is 5.57 Å². The molecule has 1 fully saturated rings. The van der Waals surface area contributed by atoms with Gasteiger partial charge in [0.2, 0.25) is 5.95 Å². The Hall–Kier alpha value is -3.17. The van der Waals surface area contributed by atoms with E-state index in [0.717, 1.165) is 31.3 Å². The fourth-order valence-corrected chi connectivity index (χ4v) is 4.94. The highest BCUT2D eigenvalue weighted by Crippen LogP contribution is 2.30. The molecule has 3 aliphatic rings. The van der Waals surface area contributed by atoms with Gasteiger partial charge < -0.3 is 20.5 Å². The fraction of sp³-hybridized carbons (Fsp3) is 0.440. The number of carbonyl (C=O) groups excluding carboxylic acids is 2. The lowest BCUT2D eigenvalue weighted by molar-refractivity contribution is 0.0449. The van der Waals surface area contributed by atoms with Crippen LogP contribution >= 0.6 is 11.6 Å². The molecule has 35 heavy (non-hydrogen) atoms. The summed E-state index contributed by atoms with van der Waals surface area (Å²) >= 11 is 6.34. The van der Waals surface area contributed by atoms with Crippen LogP contribution in [0.1, 0.15) is 65.9 Å². The van der Waals surface area contributed by atoms with Crippen molar-refractivity contribution in [3.05, 3.63) is 52.8 Å². The minimum Gasteiger partial charge on any atom is -0.491 e. The molecule has 1 saturated carbocycles. The Morgan fingerprint density at radius 3 is 2.91 bits per heavy atom. The van der Waals surface area contributed by atoms with Crippen molar-refractivity contribution in [2.24, 2.45) is 0 Å². The van der Waals surface area contributed by atoms with Gasteiger partial charge >= 0.3 is 0 Å². The predicted octanol–water partition coefficient (Wildman–Crippen LogP) is 3.60. The van der Waals surface area contributed by atoms with Crippen LogP contribution in [0.2, 0.25) is 5.02 Å². The Morgan fingerprint density at radius 2 is 2.14 bits per heavy atom. The van der Waals surface area contributed by atoms with Gasteiger partial charge in [0.1, 0.15) is 12.4 Å². The van der Waals surface area contributed by atoms with Crippen molar-refractivity contribution < 1.29 is 19.4 Å². The number of anilines is 1. The molecule has 184 valence electrons. The summed E-state index contributed by atoms with van der Waals surface area (Å²) in [4.78, 5) is 30.1. The number of nitrogens with zero attached hydrogens (tertiary/aromatic N) is 3. The lowest BCUT2D eigenvalue weighted by Gasteiger charge is -2.24. The molecule has 2 aromatic rings. The normalized spacial score (nSPS) is 20.7. The first-order chi connectivity index (χ1) is 16.9. The molecule has 1 amide bonds. The van der Waals surface area contributed by atoms with Gasteiger partial charge in [-0.25, -0.2) is 0 Å². The van der Waals surface area contributed by atoms with E-state index in [1.165, 1.54) is 4.68 Å². The molecule has 0 saturated heterocycles. The number of aromatic nitrogens is 3. The number of amides is 1. The molecule has 0 bridgehead atoms. The molecular formula is C25H28ClN5O4. The molecule has 0 radical (unpaired) electrons. The summed E-state index contributed by atoms with van der Waals surface area (Å²) < 4.78 is 7.25. The Kier molecular flexibility index (Phi) is 6.62. The second-order valence-corrected chi connectivity index (χ2v) is 9.69. The number of ether oxygens (including phenoxy) is 1. The highest BCUT2D eigenvalue weighted by molar-refractivity contribution is 6.34. The molecule has 5 rings (SSSR count). The maximum absolute atomic E-state index is 12.9. The van der Waals surface area contributed by atoms with Crippen LogP contribution in [0.3, 0.4) is 0 Å². The van der Waals surface area contributed by atoms with Gasteiger partial charge in [-0.3, -0.25) is 9.59 Å². The summed E-state index contributed by atoms with van der Waals surface area (Å²) in [6.45, 7) is 0.292. The highest BCUT2D eigenvalue weighted by Gasteiger charge is 2.32. The van der Waals surface area contributed by atoms with Crippen molar-refractivity contribution in [3.8, 4) is 5.75 Å². The maximum Gasteiger partial charge on any atom is 0.256 e. The topological polar surface area (TPSA) is 118 Å². The third kappa shape index (κ3) is 5.11. The van der Waals surface area contributed by atoms with Crippen molar-refractivity contribution in [1.29, 1.82) is 0 Å². The van der Waals surface area contributed by atoms with Gasteiger partial charge in [0.05, 0.1) is 28.6 Å². The number of allylic oxidation sites excluding steroid dienone is 4. The minimum absolute atomic E-state index is 0.126. The van der Waals surface area contributed by atoms with Gasteiger partial charge in [-0.15, -0.1) is 5.10 Å². The quantitative estimate of drug-likeness (QED) is 0.534. The second-order valence-electron chi connectivity index (χ2n) is 9.29. The third-order valence-electron chi connectivity index (χ3n) is 6.61. The van der Waals surface area contributed by atoms with Crippen LogP contribution < -0.4 is 15.4 Å². The van der Waals surface area contributed by atoms with Gasteiger partial charge in [-0.1, -0.05) is 48.7 Å². The first-order valence-electron chi connectivity index (χ1n) is 12.0. The molecular weight excluding hydrogens is 470 g/mol. The van der Waals surface area contributed by atoms with E-state index in [-0.39, 0.29) is 42.1 Å². The number of rotatable bonds is 7. The van der Waals surface area contributed by atoms with E-state index < -0.39 is 11.5 Å². The lowest BCUT2D eigenvalue weighted by Crippen LogP contribution is -2.41. The number of fused-ring (bicyclic) bond motifs is 1. The molecule has 9 nitrogen and oxygen atoms in total. The zero-order chi connectivity index (χ0) is 24.4. The van der Waals surface area contributed by atoms with Crippen molar-refractivity contribution in [1.82, 2.24) is 20.1 Å². The molecule has 1 atom stereocenters. The number of hydrogen-bond donors (Lipinski definition) is 3. The van der Waals surface area contributed by atoms with E-state index in [1.807, 2.05) is 6.08 Å². The van der Waals surface area contributed by atoms with E-state index >= 15 is 0 Å². The van der Waals surface area contributed by atoms with Crippen molar-refractivity contribution in [2.45, 2.75) is 56.6 Å². The van der Waals surface area contributed by atoms with Gasteiger partial charge in [0.15, 0.2) is 5.82 Å². The zero-order valence-electron chi connectivity index (χ0n) is 19.3. The van der Waals surface area contributed by atoms with Crippen LogP contribution in [0.5, 0.6) is 5.75 Å². The van der Waals surface area contributed by atoms with Gasteiger partial charge in [-0.05, 0) is 37.8 Å². The summed E-state index contributed by atoms with van der Waals surface area (Å²) in [5.74, 6) is 0.611. The fourth-order valence-electron chi connectivity index (χ4n) is 4.69. The first-order valence-corrected chi connectivity index (χ1v) is 12.4. The van der Waals surface area contributed by atoms with Gasteiger partial charge in [0, 0.05) is 12.1 Å². The first kappa shape index (κ1) is 23.6. The van der Waals surface area contributed by atoms with E-state index in [9.17, 15) is 14.7 Å². The van der Waals surface area contributed by atoms with Crippen LogP contribution in [0.4, 0.5) is 5.95 Å². The molecule has 1 aromatic heterocycles. The van der Waals surface area contributed by atoms with E-state index in [4.69, 9.17) is 16.3 Å². The summed E-state index contributed by atoms with van der Waals surface area (Å²) in [5.41, 5.74) is 0.236. The molecule has 2 aliphatic carbocycles. The van der Waals surface area contributed by atoms with Crippen LogP contribution in [0.15, 0.2) is 36.4 Å². The monoisotopic (exact) mass is 497 g/mol. The SMILES string of the molecule is O=C(NCC1(O)CCCC1)c1c(Cl)cccc1OCC1CC(=O)n2nc(C3=CCCC=C3)nc2N1. The lowest BCUT2D eigenvalue weighted by atomic mass is 10.0. The second kappa shape index (κ2) is 9.83. The van der Waals surface area contributed by atoms with Gasteiger partial charge in [-0.2, -0.15) is 9.67 Å². The number of halogens is 1. The Bertz CT molecular complexity index is 1200. The van der Waals surface area contributed by atoms with Crippen LogP contribution in [-0.2, 0) is 0 Å². The smallest absolute Gasteiger partial charge is 0.256 e. The molecule has 1 unspecified atom stereocenters. The summed E-state index contributed by atoms with van der Waals surface area (Å²) in [6, 6.07) is 4.64. The van der Waals surface area contributed by atoms with E-state index in [0.29, 0.717) is 30.4 Å². The van der Waals surface area contributed by atoms with Crippen molar-refractivity contribution in [3.63, 3.8) is 0 Å². The zero-order valence-corrected chi connectivity index (χ0v) is 20.1. The number of benzene rings is 1. The number of nitrogens with one attached hydrogen (secondary N) is 2. The molecule has 0 spiro atoms. The Balaban J connectivity index is 1.25. The van der Waals surface area contributed by atoms with Crippen LogP contribution in [-0.4, -0.2) is 56.5 Å². The molecule has 10 heteroatoms. The standard InChI is InChI=1S/C25H28ClN5O4/c26-18-9-6-10-19(21(18)23(33)27-15-25(34)11-4-5-12-25)35-14-17-13-20(32)31-24(28-17)29-22(30-31)16-7-2-1-3-8-16/h2,6-10,17,34H,1,3-5,11-15H2,(H,27,33)(H,28,29,30). The third-order valence-corrected chi connectivity index (χ3v) is 6.92. The van der Waals surface area contributed by atoms with E-state index in [2.05, 4.69) is 32.9 Å². The number of aliphatic hydroxyl groups is 1. The Morgan fingerprint density at radius 1 is 1.31 bits per heavy atom. The van der Waals surface area contributed by atoms with E-state index in [1.54, 1.807) is 18.2 Å². The maximum atomic E-state index is 12.9. The number of hydrogen-bond acceptors (Lipinski definition) is 7. The molecule has 2 heterocycles. The van der Waals surface area contributed by atoms with Crippen LogP contribution in [0, 0.1) is 0 Å². The molecule has 1 aromatic carbocycles. The largest absolute Gasteiger partial charge is 0.491 e. The minimum atomic E-state index is -0.872. The molecule has 1 aliphatic heterocycles. The summed E-state index contributed by atoms with van der Waals surface area (Å²) in [6.07, 6.45) is 11.4. The highest BCUT2D eigenvalue weighted by atomic mass is 35.5. The molecule has 3 N–H and O–H groups in total. The van der Waals surface area contributed by atoms with Gasteiger partial charge in [0.25, 0.3) is 11.8 Å². The van der Waals surface area contributed by atoms with Crippen molar-refractivity contribution in [2.75, 3.05) is 18.5 Å². The summed E-state index contributed by atoms with van der Waals surface area (Å²) in [5, 5.41) is 21.2. The predicted molar refractivity (Wildman–Crippen MR) is 132 cm³/mol. The number of carbonyl (C=O) groups is 2. The average Bonchev–Trinajstić information content (AvgIpc) is 3.49. The average molecular weight is 498 g/mol. The Labute approximate surface area is 208 Å².